The number of aromatic amines is 1. The van der Waals surface area contributed by atoms with Crippen molar-refractivity contribution in [2.75, 3.05) is 0 Å². The van der Waals surface area contributed by atoms with E-state index in [1.54, 1.807) is 11.6 Å². The molecule has 0 aliphatic carbocycles. The highest BCUT2D eigenvalue weighted by atomic mass is 127. The zero-order valence-corrected chi connectivity index (χ0v) is 10.3. The Morgan fingerprint density at radius 3 is 2.80 bits per heavy atom. The van der Waals surface area contributed by atoms with Gasteiger partial charge in [-0.15, -0.1) is 5.10 Å². The molecule has 0 aliphatic rings. The van der Waals surface area contributed by atoms with E-state index in [0.29, 0.717) is 21.0 Å². The van der Waals surface area contributed by atoms with Crippen LogP contribution in [0.15, 0.2) is 11.1 Å². The minimum atomic E-state index is -0.173. The molecule has 0 radical (unpaired) electrons. The number of hydrogen-bond donors (Lipinski definition) is 1. The van der Waals surface area contributed by atoms with Gasteiger partial charge in [0.15, 0.2) is 5.82 Å². The maximum Gasteiger partial charge on any atom is 0.266 e. The van der Waals surface area contributed by atoms with Crippen molar-refractivity contribution in [1.29, 1.82) is 0 Å². The lowest BCUT2D eigenvalue weighted by atomic mass is 10.5. The summed E-state index contributed by atoms with van der Waals surface area (Å²) in [4.78, 5) is 22.1. The van der Waals surface area contributed by atoms with Crippen LogP contribution in [0.4, 0.5) is 0 Å². The van der Waals surface area contributed by atoms with Gasteiger partial charge in [-0.2, -0.15) is 4.68 Å². The second-order valence-electron chi connectivity index (χ2n) is 2.99. The molecule has 0 aromatic carbocycles. The van der Waals surface area contributed by atoms with Crippen molar-refractivity contribution in [3.05, 3.63) is 31.9 Å². The fourth-order valence-electron chi connectivity index (χ4n) is 1.24. The largest absolute Gasteiger partial charge is 0.312 e. The number of rotatable bonds is 1. The third kappa shape index (κ3) is 1.78. The predicted octanol–water partition coefficient (Wildman–Crippen LogP) is 0.572. The minimum absolute atomic E-state index is 0.173. The van der Waals surface area contributed by atoms with Crippen molar-refractivity contribution < 1.29 is 0 Å². The van der Waals surface area contributed by atoms with Gasteiger partial charge in [0.1, 0.15) is 15.2 Å². The number of aromatic nitrogens is 5. The summed E-state index contributed by atoms with van der Waals surface area (Å²) in [6, 6.07) is 0. The normalized spacial score (nSPS) is 10.6. The molecule has 1 N–H and O–H groups in total. The van der Waals surface area contributed by atoms with E-state index in [4.69, 9.17) is 0 Å². The van der Waals surface area contributed by atoms with E-state index >= 15 is 0 Å². The molecule has 0 aliphatic heterocycles. The number of hydrogen-bond acceptors (Lipinski definition) is 4. The van der Waals surface area contributed by atoms with Gasteiger partial charge >= 0.3 is 0 Å². The van der Waals surface area contributed by atoms with E-state index in [0.717, 1.165) is 0 Å². The quantitative estimate of drug-likeness (QED) is 0.780. The number of H-pyrrole nitrogens is 1. The molecule has 2 aromatic rings. The van der Waals surface area contributed by atoms with Gasteiger partial charge in [0.2, 0.25) is 0 Å². The van der Waals surface area contributed by atoms with E-state index < -0.39 is 0 Å². The highest BCUT2D eigenvalue weighted by Crippen LogP contribution is 2.10. The van der Waals surface area contributed by atoms with Crippen LogP contribution in [0, 0.1) is 17.4 Å². The Kier molecular flexibility index (Phi) is 2.55. The summed E-state index contributed by atoms with van der Waals surface area (Å²) in [5.74, 6) is 1.88. The van der Waals surface area contributed by atoms with Gasteiger partial charge in [-0.25, -0.2) is 9.97 Å². The van der Waals surface area contributed by atoms with E-state index in [-0.39, 0.29) is 5.56 Å². The molecule has 0 saturated heterocycles. The SMILES string of the molecule is Cc1nc(C)n(-c2nc[nH]c(=O)c2I)n1. The van der Waals surface area contributed by atoms with E-state index in [2.05, 4.69) is 20.1 Å². The summed E-state index contributed by atoms with van der Waals surface area (Å²) >= 11 is 1.94. The van der Waals surface area contributed by atoms with Crippen LogP contribution in [0.5, 0.6) is 0 Å². The van der Waals surface area contributed by atoms with Crippen molar-refractivity contribution in [3.63, 3.8) is 0 Å². The van der Waals surface area contributed by atoms with Crippen LogP contribution in [-0.4, -0.2) is 24.7 Å². The van der Waals surface area contributed by atoms with Gasteiger partial charge in [-0.1, -0.05) is 0 Å². The fraction of sp³-hybridized carbons (Fsp3) is 0.250. The number of nitrogens with zero attached hydrogens (tertiary/aromatic N) is 4. The number of halogens is 1. The Morgan fingerprint density at radius 1 is 1.47 bits per heavy atom. The summed E-state index contributed by atoms with van der Waals surface area (Å²) < 4.78 is 2.06. The van der Waals surface area contributed by atoms with Crippen LogP contribution >= 0.6 is 22.6 Å². The van der Waals surface area contributed by atoms with Crippen molar-refractivity contribution in [3.8, 4) is 5.82 Å². The standard InChI is InChI=1S/C8H8IN5O/c1-4-12-5(2)14(13-4)7-6(9)8(15)11-3-10-7/h3H,1-2H3,(H,10,11,15). The van der Waals surface area contributed by atoms with Crippen LogP contribution in [0.2, 0.25) is 0 Å². The molecule has 2 heterocycles. The maximum atomic E-state index is 11.4. The van der Waals surface area contributed by atoms with Crippen LogP contribution in [0.25, 0.3) is 5.82 Å². The van der Waals surface area contributed by atoms with E-state index in [9.17, 15) is 4.79 Å². The molecule has 0 unspecified atom stereocenters. The Labute approximate surface area is 98.9 Å². The van der Waals surface area contributed by atoms with Crippen molar-refractivity contribution in [2.24, 2.45) is 0 Å². The summed E-state index contributed by atoms with van der Waals surface area (Å²) in [6.07, 6.45) is 1.36. The first-order chi connectivity index (χ1) is 7.09. The molecule has 0 amide bonds. The monoisotopic (exact) mass is 317 g/mol. The molecular weight excluding hydrogens is 309 g/mol. The molecule has 15 heavy (non-hydrogen) atoms. The average Bonchev–Trinajstić information content (AvgIpc) is 2.50. The summed E-state index contributed by atoms with van der Waals surface area (Å²) in [5, 5.41) is 4.17. The summed E-state index contributed by atoms with van der Waals surface area (Å²) in [7, 11) is 0. The van der Waals surface area contributed by atoms with Crippen molar-refractivity contribution in [1.82, 2.24) is 24.7 Å². The highest BCUT2D eigenvalue weighted by Gasteiger charge is 2.11. The molecule has 7 heteroatoms. The van der Waals surface area contributed by atoms with Crippen molar-refractivity contribution >= 4 is 22.6 Å². The van der Waals surface area contributed by atoms with Crippen molar-refractivity contribution in [2.45, 2.75) is 13.8 Å². The third-order valence-electron chi connectivity index (χ3n) is 1.85. The Hall–Kier alpha value is -1.25. The van der Waals surface area contributed by atoms with Crippen LogP contribution in [0.1, 0.15) is 11.6 Å². The lowest BCUT2D eigenvalue weighted by Gasteiger charge is -2.02. The third-order valence-corrected chi connectivity index (χ3v) is 2.83. The van der Waals surface area contributed by atoms with Crippen LogP contribution in [-0.2, 0) is 0 Å². The molecule has 0 fully saturated rings. The first-order valence-corrected chi connectivity index (χ1v) is 5.31. The van der Waals surface area contributed by atoms with Crippen LogP contribution < -0.4 is 5.56 Å². The lowest BCUT2D eigenvalue weighted by molar-refractivity contribution is 0.788. The minimum Gasteiger partial charge on any atom is -0.312 e. The molecule has 78 valence electrons. The Morgan fingerprint density at radius 2 is 2.20 bits per heavy atom. The molecule has 2 rings (SSSR count). The molecule has 0 spiro atoms. The lowest BCUT2D eigenvalue weighted by Crippen LogP contribution is -2.16. The average molecular weight is 317 g/mol. The highest BCUT2D eigenvalue weighted by molar-refractivity contribution is 14.1. The van der Waals surface area contributed by atoms with Crippen LogP contribution in [0.3, 0.4) is 0 Å². The topological polar surface area (TPSA) is 76.5 Å². The molecule has 0 atom stereocenters. The first-order valence-electron chi connectivity index (χ1n) is 4.23. The Bertz CT molecular complexity index is 558. The first kappa shape index (κ1) is 10.3. The number of aryl methyl sites for hydroxylation is 2. The molecule has 0 saturated carbocycles. The second-order valence-corrected chi connectivity index (χ2v) is 4.07. The van der Waals surface area contributed by atoms with E-state index in [1.807, 2.05) is 29.5 Å². The van der Waals surface area contributed by atoms with Gasteiger partial charge in [0.25, 0.3) is 5.56 Å². The van der Waals surface area contributed by atoms with Gasteiger partial charge in [-0.05, 0) is 36.4 Å². The summed E-state index contributed by atoms with van der Waals surface area (Å²) in [5.41, 5.74) is -0.173. The number of nitrogens with one attached hydrogen (secondary N) is 1. The zero-order valence-electron chi connectivity index (χ0n) is 8.15. The molecule has 2 aromatic heterocycles. The molecular formula is C8H8IN5O. The molecule has 0 bridgehead atoms. The smallest absolute Gasteiger partial charge is 0.266 e. The Balaban J connectivity index is 2.69. The fourth-order valence-corrected chi connectivity index (χ4v) is 1.77. The maximum absolute atomic E-state index is 11.4. The van der Waals surface area contributed by atoms with E-state index in [1.165, 1.54) is 6.33 Å². The van der Waals surface area contributed by atoms with Gasteiger partial charge in [0.05, 0.1) is 6.33 Å². The van der Waals surface area contributed by atoms with Gasteiger partial charge < -0.3 is 4.98 Å². The molecule has 6 nitrogen and oxygen atoms in total. The predicted molar refractivity (Wildman–Crippen MR) is 62.0 cm³/mol. The van der Waals surface area contributed by atoms with Gasteiger partial charge in [-0.3, -0.25) is 4.79 Å². The zero-order chi connectivity index (χ0) is 11.0. The summed E-state index contributed by atoms with van der Waals surface area (Å²) in [6.45, 7) is 3.61. The second kappa shape index (κ2) is 3.72. The van der Waals surface area contributed by atoms with Gasteiger partial charge in [0, 0.05) is 0 Å².